The molecule has 0 fully saturated rings. The number of hydrogen-bond donors (Lipinski definition) is 2. The highest BCUT2D eigenvalue weighted by Gasteiger charge is 2.15. The molecule has 0 radical (unpaired) electrons. The van der Waals surface area contributed by atoms with Gasteiger partial charge < -0.3 is 15.8 Å². The van der Waals surface area contributed by atoms with Crippen LogP contribution < -0.4 is 20.7 Å². The van der Waals surface area contributed by atoms with E-state index in [9.17, 15) is 9.59 Å². The zero-order valence-electron chi connectivity index (χ0n) is 13.1. The highest BCUT2D eigenvalue weighted by atomic mass is 16.5. The number of ether oxygens (including phenoxy) is 1. The van der Waals surface area contributed by atoms with E-state index in [1.165, 1.54) is 12.0 Å². The number of anilines is 4. The largest absolute Gasteiger partial charge is 0.497 e. The molecule has 2 aromatic rings. The standard InChI is InChI=1S/C17H19N3O3/c1-3-17(22)19-15-10-14(23-2)8-9-16(15)20(11-21)13-6-4-12(18)5-7-13/h4-11H,3,18H2,1-2H3,(H,19,22). The van der Waals surface area contributed by atoms with Gasteiger partial charge in [-0.05, 0) is 36.4 Å². The van der Waals surface area contributed by atoms with Crippen LogP contribution in [0.25, 0.3) is 0 Å². The van der Waals surface area contributed by atoms with Crippen LogP contribution in [0, 0.1) is 0 Å². The van der Waals surface area contributed by atoms with Crippen LogP contribution in [0.2, 0.25) is 0 Å². The summed E-state index contributed by atoms with van der Waals surface area (Å²) in [5, 5.41) is 2.79. The summed E-state index contributed by atoms with van der Waals surface area (Å²) >= 11 is 0. The average molecular weight is 313 g/mol. The number of carbonyl (C=O) groups excluding carboxylic acids is 2. The Morgan fingerprint density at radius 2 is 1.96 bits per heavy atom. The third-order valence-corrected chi connectivity index (χ3v) is 3.34. The predicted molar refractivity (Wildman–Crippen MR) is 91.0 cm³/mol. The van der Waals surface area contributed by atoms with Gasteiger partial charge >= 0.3 is 0 Å². The van der Waals surface area contributed by atoms with Gasteiger partial charge in [0.15, 0.2) is 0 Å². The minimum atomic E-state index is -0.150. The molecule has 23 heavy (non-hydrogen) atoms. The Kier molecular flexibility index (Phi) is 5.19. The lowest BCUT2D eigenvalue weighted by Crippen LogP contribution is -2.18. The summed E-state index contributed by atoms with van der Waals surface area (Å²) in [5.41, 5.74) is 7.98. The minimum Gasteiger partial charge on any atom is -0.497 e. The van der Waals surface area contributed by atoms with Crippen molar-refractivity contribution in [3.63, 3.8) is 0 Å². The van der Waals surface area contributed by atoms with Crippen molar-refractivity contribution >= 4 is 35.1 Å². The molecule has 0 saturated carbocycles. The van der Waals surface area contributed by atoms with Gasteiger partial charge in [0.2, 0.25) is 12.3 Å². The fourth-order valence-corrected chi connectivity index (χ4v) is 2.08. The van der Waals surface area contributed by atoms with E-state index in [2.05, 4.69) is 5.32 Å². The van der Waals surface area contributed by atoms with Gasteiger partial charge in [0.05, 0.1) is 18.5 Å². The van der Waals surface area contributed by atoms with Crippen LogP contribution in [0.4, 0.5) is 22.7 Å². The summed E-state index contributed by atoms with van der Waals surface area (Å²) in [6.45, 7) is 1.76. The summed E-state index contributed by atoms with van der Waals surface area (Å²) in [7, 11) is 1.54. The molecule has 6 heteroatoms. The molecule has 0 unspecified atom stereocenters. The first-order valence-corrected chi connectivity index (χ1v) is 7.17. The lowest BCUT2D eigenvalue weighted by Gasteiger charge is -2.22. The molecule has 0 aliphatic carbocycles. The number of methoxy groups -OCH3 is 1. The third-order valence-electron chi connectivity index (χ3n) is 3.34. The first-order chi connectivity index (χ1) is 11.1. The Balaban J connectivity index is 2.47. The van der Waals surface area contributed by atoms with Crippen molar-refractivity contribution in [3.05, 3.63) is 42.5 Å². The number of rotatable bonds is 6. The molecule has 6 nitrogen and oxygen atoms in total. The number of carbonyl (C=O) groups is 2. The summed E-state index contributed by atoms with van der Waals surface area (Å²) in [6.07, 6.45) is 1.02. The number of nitrogens with zero attached hydrogens (tertiary/aromatic N) is 1. The number of amides is 2. The molecule has 0 spiro atoms. The molecular weight excluding hydrogens is 294 g/mol. The smallest absolute Gasteiger partial charge is 0.224 e. The van der Waals surface area contributed by atoms with Crippen molar-refractivity contribution in [2.75, 3.05) is 23.1 Å². The SMILES string of the molecule is CCC(=O)Nc1cc(OC)ccc1N(C=O)c1ccc(N)cc1. The normalized spacial score (nSPS) is 10.0. The maximum atomic E-state index is 11.7. The van der Waals surface area contributed by atoms with Crippen LogP contribution in [-0.2, 0) is 9.59 Å². The fraction of sp³-hybridized carbons (Fsp3) is 0.176. The Morgan fingerprint density at radius 1 is 1.26 bits per heavy atom. The Bertz CT molecular complexity index is 699. The van der Waals surface area contributed by atoms with Crippen molar-refractivity contribution in [1.29, 1.82) is 0 Å². The van der Waals surface area contributed by atoms with Crippen molar-refractivity contribution < 1.29 is 14.3 Å². The van der Waals surface area contributed by atoms with Gasteiger partial charge in [0.25, 0.3) is 0 Å². The minimum absolute atomic E-state index is 0.150. The maximum absolute atomic E-state index is 11.7. The highest BCUT2D eigenvalue weighted by Crippen LogP contribution is 2.34. The summed E-state index contributed by atoms with van der Waals surface area (Å²) < 4.78 is 5.19. The van der Waals surface area contributed by atoms with Gasteiger partial charge in [0.1, 0.15) is 5.75 Å². The van der Waals surface area contributed by atoms with E-state index < -0.39 is 0 Å². The second kappa shape index (κ2) is 7.31. The van der Waals surface area contributed by atoms with Gasteiger partial charge in [0, 0.05) is 23.9 Å². The molecule has 0 saturated heterocycles. The van der Waals surface area contributed by atoms with Crippen LogP contribution in [0.1, 0.15) is 13.3 Å². The van der Waals surface area contributed by atoms with Crippen molar-refractivity contribution in [2.24, 2.45) is 0 Å². The van der Waals surface area contributed by atoms with E-state index in [-0.39, 0.29) is 5.91 Å². The zero-order valence-corrected chi connectivity index (χ0v) is 13.1. The lowest BCUT2D eigenvalue weighted by atomic mass is 10.2. The monoisotopic (exact) mass is 313 g/mol. The molecular formula is C17H19N3O3. The van der Waals surface area contributed by atoms with E-state index in [1.54, 1.807) is 49.4 Å². The Morgan fingerprint density at radius 3 is 2.52 bits per heavy atom. The molecule has 0 heterocycles. The van der Waals surface area contributed by atoms with Gasteiger partial charge in [-0.1, -0.05) is 6.92 Å². The maximum Gasteiger partial charge on any atom is 0.224 e. The zero-order chi connectivity index (χ0) is 16.8. The van der Waals surface area contributed by atoms with Gasteiger partial charge in [-0.2, -0.15) is 0 Å². The molecule has 2 amide bonds. The van der Waals surface area contributed by atoms with Crippen LogP contribution in [0.15, 0.2) is 42.5 Å². The summed E-state index contributed by atoms with van der Waals surface area (Å²) in [5.74, 6) is 0.436. The Labute approximate surface area is 134 Å². The molecule has 0 aliphatic rings. The molecule has 0 aliphatic heterocycles. The molecule has 2 rings (SSSR count). The van der Waals surface area contributed by atoms with E-state index in [0.717, 1.165) is 0 Å². The number of nitrogen functional groups attached to an aromatic ring is 1. The number of hydrogen-bond acceptors (Lipinski definition) is 4. The van der Waals surface area contributed by atoms with Crippen LogP contribution >= 0.6 is 0 Å². The van der Waals surface area contributed by atoms with Gasteiger partial charge in [-0.15, -0.1) is 0 Å². The van der Waals surface area contributed by atoms with Crippen LogP contribution in [0.5, 0.6) is 5.75 Å². The number of nitrogens with two attached hydrogens (primary N) is 1. The van der Waals surface area contributed by atoms with E-state index >= 15 is 0 Å². The van der Waals surface area contributed by atoms with Gasteiger partial charge in [-0.3, -0.25) is 14.5 Å². The number of nitrogens with one attached hydrogen (secondary N) is 1. The van der Waals surface area contributed by atoms with E-state index in [1.807, 2.05) is 0 Å². The van der Waals surface area contributed by atoms with E-state index in [4.69, 9.17) is 10.5 Å². The molecule has 0 atom stereocenters. The van der Waals surface area contributed by atoms with Crippen molar-refractivity contribution in [3.8, 4) is 5.75 Å². The van der Waals surface area contributed by atoms with Crippen LogP contribution in [-0.4, -0.2) is 19.4 Å². The topological polar surface area (TPSA) is 84.7 Å². The van der Waals surface area contributed by atoms with Crippen molar-refractivity contribution in [2.45, 2.75) is 13.3 Å². The molecule has 0 bridgehead atoms. The molecule has 0 aromatic heterocycles. The highest BCUT2D eigenvalue weighted by molar-refractivity contribution is 5.99. The van der Waals surface area contributed by atoms with Crippen LogP contribution in [0.3, 0.4) is 0 Å². The summed E-state index contributed by atoms with van der Waals surface area (Å²) in [6, 6.07) is 12.0. The third kappa shape index (κ3) is 3.79. The molecule has 2 aromatic carbocycles. The quantitative estimate of drug-likeness (QED) is 0.634. The van der Waals surface area contributed by atoms with E-state index in [0.29, 0.717) is 41.3 Å². The second-order valence-corrected chi connectivity index (χ2v) is 4.85. The average Bonchev–Trinajstić information content (AvgIpc) is 2.58. The number of benzene rings is 2. The predicted octanol–water partition coefficient (Wildman–Crippen LogP) is 2.92. The lowest BCUT2D eigenvalue weighted by molar-refractivity contribution is -0.116. The first kappa shape index (κ1) is 16.4. The second-order valence-electron chi connectivity index (χ2n) is 4.85. The summed E-state index contributed by atoms with van der Waals surface area (Å²) in [4.78, 5) is 24.8. The van der Waals surface area contributed by atoms with Crippen molar-refractivity contribution in [1.82, 2.24) is 0 Å². The first-order valence-electron chi connectivity index (χ1n) is 7.17. The fourth-order valence-electron chi connectivity index (χ4n) is 2.08. The van der Waals surface area contributed by atoms with Gasteiger partial charge in [-0.25, -0.2) is 0 Å². The molecule has 3 N–H and O–H groups in total. The Hall–Kier alpha value is -3.02. The molecule has 120 valence electrons.